The largest absolute Gasteiger partial charge is 0.469 e. The Labute approximate surface area is 222 Å². The van der Waals surface area contributed by atoms with Crippen molar-refractivity contribution in [1.82, 2.24) is 15.0 Å². The highest BCUT2D eigenvalue weighted by Crippen LogP contribution is 2.39. The molecule has 1 aliphatic heterocycles. The molecule has 0 bridgehead atoms. The van der Waals surface area contributed by atoms with Gasteiger partial charge in [0.05, 0.1) is 32.3 Å². The molecule has 1 saturated heterocycles. The minimum Gasteiger partial charge on any atom is -0.469 e. The third-order valence-electron chi connectivity index (χ3n) is 6.11. The van der Waals surface area contributed by atoms with E-state index in [2.05, 4.69) is 15.0 Å². The second kappa shape index (κ2) is 11.7. The van der Waals surface area contributed by atoms with Crippen LogP contribution in [0, 0.1) is 12.3 Å². The first kappa shape index (κ1) is 31.0. The van der Waals surface area contributed by atoms with Gasteiger partial charge in [-0.1, -0.05) is 0 Å². The van der Waals surface area contributed by atoms with Gasteiger partial charge in [-0.2, -0.15) is 0 Å². The SMILES string of the molecule is COC(=O)CCc1c(C(=O)OC(C)(C)C)[nH]c(/C(CNS(C)(=O)=O)=C2\C[C@](C)(CC(=O)OC)C(=O)N2)c1C. The van der Waals surface area contributed by atoms with Crippen LogP contribution in [0.3, 0.4) is 0 Å². The number of ether oxygens (including phenoxy) is 3. The number of carbonyl (C=O) groups is 4. The molecule has 38 heavy (non-hydrogen) atoms. The van der Waals surface area contributed by atoms with E-state index in [4.69, 9.17) is 14.2 Å². The monoisotopic (exact) mass is 555 g/mol. The summed E-state index contributed by atoms with van der Waals surface area (Å²) in [4.78, 5) is 52.9. The number of nitrogens with one attached hydrogen (secondary N) is 3. The molecule has 1 aromatic heterocycles. The van der Waals surface area contributed by atoms with E-state index in [1.165, 1.54) is 14.2 Å². The predicted molar refractivity (Wildman–Crippen MR) is 138 cm³/mol. The van der Waals surface area contributed by atoms with Crippen LogP contribution in [0.2, 0.25) is 0 Å². The Bertz CT molecular complexity index is 1260. The van der Waals surface area contributed by atoms with Crippen molar-refractivity contribution >= 4 is 39.4 Å². The lowest BCUT2D eigenvalue weighted by atomic mass is 9.84. The molecule has 1 fully saturated rings. The molecule has 0 aromatic carbocycles. The number of aromatic amines is 1. The minimum atomic E-state index is -3.64. The van der Waals surface area contributed by atoms with Crippen molar-refractivity contribution in [2.75, 3.05) is 27.0 Å². The Hall–Kier alpha value is -3.19. The summed E-state index contributed by atoms with van der Waals surface area (Å²) >= 11 is 0. The number of rotatable bonds is 10. The van der Waals surface area contributed by atoms with E-state index >= 15 is 0 Å². The average Bonchev–Trinajstić information content (AvgIpc) is 3.26. The van der Waals surface area contributed by atoms with E-state index in [1.54, 1.807) is 34.6 Å². The normalized spacial score (nSPS) is 19.1. The zero-order chi connectivity index (χ0) is 29.1. The van der Waals surface area contributed by atoms with Crippen LogP contribution in [0.4, 0.5) is 0 Å². The van der Waals surface area contributed by atoms with Gasteiger partial charge in [0.15, 0.2) is 0 Å². The first-order chi connectivity index (χ1) is 17.4. The van der Waals surface area contributed by atoms with Crippen molar-refractivity contribution in [1.29, 1.82) is 0 Å². The van der Waals surface area contributed by atoms with Gasteiger partial charge in [-0.25, -0.2) is 17.9 Å². The van der Waals surface area contributed by atoms with Crippen molar-refractivity contribution in [3.8, 4) is 0 Å². The first-order valence-corrected chi connectivity index (χ1v) is 13.9. The van der Waals surface area contributed by atoms with Crippen LogP contribution in [-0.2, 0) is 45.0 Å². The number of hydrogen-bond donors (Lipinski definition) is 3. The third kappa shape index (κ3) is 7.90. The topological polar surface area (TPSA) is 170 Å². The Morgan fingerprint density at radius 3 is 2.21 bits per heavy atom. The van der Waals surface area contributed by atoms with E-state index in [9.17, 15) is 27.6 Å². The Balaban J connectivity index is 2.69. The molecule has 0 spiro atoms. The van der Waals surface area contributed by atoms with Crippen LogP contribution >= 0.6 is 0 Å². The van der Waals surface area contributed by atoms with Crippen molar-refractivity contribution in [2.45, 2.75) is 65.9 Å². The van der Waals surface area contributed by atoms with Crippen molar-refractivity contribution in [2.24, 2.45) is 5.41 Å². The maximum absolute atomic E-state index is 13.1. The van der Waals surface area contributed by atoms with Crippen LogP contribution in [0.25, 0.3) is 5.57 Å². The van der Waals surface area contributed by atoms with Crippen molar-refractivity contribution in [3.05, 3.63) is 28.2 Å². The Morgan fingerprint density at radius 1 is 1.08 bits per heavy atom. The summed E-state index contributed by atoms with van der Waals surface area (Å²) in [6.07, 6.45) is 1.06. The smallest absolute Gasteiger partial charge is 0.355 e. The highest BCUT2D eigenvalue weighted by molar-refractivity contribution is 7.88. The molecule has 212 valence electrons. The summed E-state index contributed by atoms with van der Waals surface area (Å²) in [5.41, 5.74) is 0.406. The van der Waals surface area contributed by atoms with E-state index < -0.39 is 44.9 Å². The van der Waals surface area contributed by atoms with Gasteiger partial charge in [-0.05, 0) is 52.2 Å². The van der Waals surface area contributed by atoms with Gasteiger partial charge in [0.25, 0.3) is 0 Å². The van der Waals surface area contributed by atoms with Gasteiger partial charge in [-0.3, -0.25) is 14.4 Å². The molecule has 0 radical (unpaired) electrons. The molecule has 1 atom stereocenters. The molecular formula is C25H37N3O9S. The predicted octanol–water partition coefficient (Wildman–Crippen LogP) is 1.73. The van der Waals surface area contributed by atoms with Gasteiger partial charge in [0, 0.05) is 36.4 Å². The van der Waals surface area contributed by atoms with Crippen LogP contribution < -0.4 is 10.0 Å². The molecule has 13 heteroatoms. The zero-order valence-corrected chi connectivity index (χ0v) is 23.9. The maximum atomic E-state index is 13.1. The summed E-state index contributed by atoms with van der Waals surface area (Å²) in [6.45, 7) is 8.27. The number of methoxy groups -OCH3 is 2. The fourth-order valence-corrected chi connectivity index (χ4v) is 4.55. The van der Waals surface area contributed by atoms with Crippen LogP contribution in [0.5, 0.6) is 0 Å². The summed E-state index contributed by atoms with van der Waals surface area (Å²) in [6, 6.07) is 0. The molecule has 3 N–H and O–H groups in total. The average molecular weight is 556 g/mol. The molecule has 0 saturated carbocycles. The second-order valence-electron chi connectivity index (χ2n) is 10.6. The summed E-state index contributed by atoms with van der Waals surface area (Å²) < 4.78 is 41.4. The fraction of sp³-hybridized carbons (Fsp3) is 0.600. The molecule has 2 rings (SSSR count). The number of esters is 3. The van der Waals surface area contributed by atoms with Crippen LogP contribution in [0.1, 0.15) is 74.3 Å². The summed E-state index contributed by atoms with van der Waals surface area (Å²) in [5.74, 6) is -2.11. The molecule has 12 nitrogen and oxygen atoms in total. The molecule has 1 aromatic rings. The van der Waals surface area contributed by atoms with Gasteiger partial charge in [-0.15, -0.1) is 0 Å². The van der Waals surface area contributed by atoms with E-state index in [0.29, 0.717) is 28.1 Å². The quantitative estimate of drug-likeness (QED) is 0.287. The van der Waals surface area contributed by atoms with Crippen LogP contribution in [-0.4, -0.2) is 69.8 Å². The minimum absolute atomic E-state index is 0.00807. The van der Waals surface area contributed by atoms with Gasteiger partial charge in [0.1, 0.15) is 11.3 Å². The molecular weight excluding hydrogens is 518 g/mol. The Morgan fingerprint density at radius 2 is 1.68 bits per heavy atom. The maximum Gasteiger partial charge on any atom is 0.355 e. The zero-order valence-electron chi connectivity index (χ0n) is 23.1. The highest BCUT2D eigenvalue weighted by Gasteiger charge is 2.44. The van der Waals surface area contributed by atoms with Crippen LogP contribution in [0.15, 0.2) is 5.70 Å². The van der Waals surface area contributed by atoms with Crippen molar-refractivity contribution in [3.63, 3.8) is 0 Å². The molecule has 2 heterocycles. The number of aromatic nitrogens is 1. The second-order valence-corrected chi connectivity index (χ2v) is 12.4. The number of carbonyl (C=O) groups excluding carboxylic acids is 4. The molecule has 1 aliphatic rings. The highest BCUT2D eigenvalue weighted by atomic mass is 32.2. The number of allylic oxidation sites excluding steroid dienone is 1. The van der Waals surface area contributed by atoms with E-state index in [-0.39, 0.29) is 37.9 Å². The van der Waals surface area contributed by atoms with E-state index in [1.807, 2.05) is 0 Å². The fourth-order valence-electron chi connectivity index (χ4n) is 4.15. The van der Waals surface area contributed by atoms with E-state index in [0.717, 1.165) is 6.26 Å². The summed E-state index contributed by atoms with van der Waals surface area (Å²) in [7, 11) is -1.15. The first-order valence-electron chi connectivity index (χ1n) is 12.0. The number of H-pyrrole nitrogens is 1. The van der Waals surface area contributed by atoms with Gasteiger partial charge < -0.3 is 24.5 Å². The number of hydrogen-bond acceptors (Lipinski definition) is 9. The standard InChI is InChI=1S/C25H37N3O9S/c1-14-15(9-10-18(29)35-6)21(22(31)37-24(2,3)4)28-20(14)16(13-26-38(8,33)34)17-11-25(5,23(32)27-17)12-19(30)36-7/h26,28H,9-13H2,1-8H3,(H,27,32)/b17-16+/t25-/m1/s1. The molecule has 0 unspecified atom stereocenters. The van der Waals surface area contributed by atoms with Gasteiger partial charge in [0.2, 0.25) is 15.9 Å². The van der Waals surface area contributed by atoms with Gasteiger partial charge >= 0.3 is 17.9 Å². The lowest BCUT2D eigenvalue weighted by Crippen LogP contribution is -2.31. The van der Waals surface area contributed by atoms with Crippen molar-refractivity contribution < 1.29 is 41.8 Å². The summed E-state index contributed by atoms with van der Waals surface area (Å²) in [5, 5.41) is 2.78. The third-order valence-corrected chi connectivity index (χ3v) is 6.78. The number of amides is 1. The lowest BCUT2D eigenvalue weighted by Gasteiger charge is -2.19. The number of sulfonamides is 1. The lowest BCUT2D eigenvalue weighted by molar-refractivity contribution is -0.146. The molecule has 0 aliphatic carbocycles. The Kier molecular flexibility index (Phi) is 9.54. The molecule has 1 amide bonds.